The Balaban J connectivity index is 2.60. The second kappa shape index (κ2) is 6.89. The maximum atomic E-state index is 11.8. The molecule has 1 aromatic rings. The number of nitrogens with one attached hydrogen (secondary N) is 2. The van der Waals surface area contributed by atoms with Gasteiger partial charge in [0.2, 0.25) is 11.8 Å². The molecule has 4 N–H and O–H groups in total. The third-order valence-electron chi connectivity index (χ3n) is 2.76. The Kier molecular flexibility index (Phi) is 5.51. The fraction of sp³-hybridized carbons (Fsp3) is 0.429. The molecule has 1 rings (SSSR count). The van der Waals surface area contributed by atoms with E-state index >= 15 is 0 Å². The highest BCUT2D eigenvalue weighted by Crippen LogP contribution is 2.21. The van der Waals surface area contributed by atoms with Crippen LogP contribution in [0.1, 0.15) is 23.1 Å². The molecule has 0 atom stereocenters. The zero-order valence-corrected chi connectivity index (χ0v) is 11.7. The summed E-state index contributed by atoms with van der Waals surface area (Å²) in [5.41, 5.74) is 9.24. The van der Waals surface area contributed by atoms with Gasteiger partial charge >= 0.3 is 0 Å². The van der Waals surface area contributed by atoms with Crippen LogP contribution in [0.15, 0.2) is 12.1 Å². The molecule has 0 saturated heterocycles. The van der Waals surface area contributed by atoms with E-state index in [0.717, 1.165) is 22.4 Å². The van der Waals surface area contributed by atoms with Gasteiger partial charge in [-0.15, -0.1) is 0 Å². The number of rotatable bonds is 5. The summed E-state index contributed by atoms with van der Waals surface area (Å²) in [4.78, 5) is 23.0. The smallest absolute Gasteiger partial charge is 0.243 e. The fourth-order valence-electron chi connectivity index (χ4n) is 1.96. The Hall–Kier alpha value is -1.88. The van der Waals surface area contributed by atoms with Crippen molar-refractivity contribution < 1.29 is 9.59 Å². The van der Waals surface area contributed by atoms with Crippen LogP contribution in [-0.2, 0) is 9.59 Å². The normalized spacial score (nSPS) is 10.1. The SMILES string of the molecule is Cc1cc(C)c(NC(=O)CNC(=O)CCN)c(C)c1. The number of hydrogen-bond donors (Lipinski definition) is 3. The molecule has 0 aliphatic heterocycles. The van der Waals surface area contributed by atoms with Crippen molar-refractivity contribution in [2.75, 3.05) is 18.4 Å². The Morgan fingerprint density at radius 2 is 1.68 bits per heavy atom. The van der Waals surface area contributed by atoms with Gasteiger partial charge in [-0.1, -0.05) is 17.7 Å². The van der Waals surface area contributed by atoms with Crippen LogP contribution in [0.2, 0.25) is 0 Å². The highest BCUT2D eigenvalue weighted by molar-refractivity contribution is 5.95. The van der Waals surface area contributed by atoms with E-state index in [2.05, 4.69) is 10.6 Å². The van der Waals surface area contributed by atoms with Crippen molar-refractivity contribution in [1.29, 1.82) is 0 Å². The Morgan fingerprint density at radius 3 is 2.21 bits per heavy atom. The molecule has 2 amide bonds. The second-order valence-electron chi connectivity index (χ2n) is 4.64. The van der Waals surface area contributed by atoms with Gasteiger partial charge in [-0.3, -0.25) is 9.59 Å². The lowest BCUT2D eigenvalue weighted by Crippen LogP contribution is -2.34. The van der Waals surface area contributed by atoms with Gasteiger partial charge in [-0.25, -0.2) is 0 Å². The highest BCUT2D eigenvalue weighted by Gasteiger charge is 2.09. The van der Waals surface area contributed by atoms with Gasteiger partial charge in [0.1, 0.15) is 0 Å². The summed E-state index contributed by atoms with van der Waals surface area (Å²) >= 11 is 0. The summed E-state index contributed by atoms with van der Waals surface area (Å²) in [6.45, 7) is 6.15. The lowest BCUT2D eigenvalue weighted by atomic mass is 10.1. The van der Waals surface area contributed by atoms with E-state index < -0.39 is 0 Å². The van der Waals surface area contributed by atoms with E-state index in [9.17, 15) is 9.59 Å². The third-order valence-corrected chi connectivity index (χ3v) is 2.76. The highest BCUT2D eigenvalue weighted by atomic mass is 16.2. The van der Waals surface area contributed by atoms with Crippen LogP contribution in [0.5, 0.6) is 0 Å². The summed E-state index contributed by atoms with van der Waals surface area (Å²) in [5, 5.41) is 5.34. The zero-order valence-electron chi connectivity index (χ0n) is 11.7. The van der Waals surface area contributed by atoms with Crippen molar-refractivity contribution in [3.8, 4) is 0 Å². The van der Waals surface area contributed by atoms with E-state index in [1.165, 1.54) is 0 Å². The van der Waals surface area contributed by atoms with Crippen LogP contribution in [0.4, 0.5) is 5.69 Å². The molecule has 0 radical (unpaired) electrons. The number of nitrogens with two attached hydrogens (primary N) is 1. The van der Waals surface area contributed by atoms with E-state index in [4.69, 9.17) is 5.73 Å². The Bertz CT molecular complexity index is 461. The molecule has 5 nitrogen and oxygen atoms in total. The summed E-state index contributed by atoms with van der Waals surface area (Å²) < 4.78 is 0. The summed E-state index contributed by atoms with van der Waals surface area (Å²) in [5.74, 6) is -0.449. The van der Waals surface area contributed by atoms with Crippen molar-refractivity contribution >= 4 is 17.5 Å². The number of carbonyl (C=O) groups is 2. The van der Waals surface area contributed by atoms with Crippen LogP contribution in [0.25, 0.3) is 0 Å². The molecular weight excluding hydrogens is 242 g/mol. The van der Waals surface area contributed by atoms with Crippen LogP contribution in [0.3, 0.4) is 0 Å². The van der Waals surface area contributed by atoms with Gasteiger partial charge < -0.3 is 16.4 Å². The topological polar surface area (TPSA) is 84.2 Å². The number of amides is 2. The molecular formula is C14H21N3O2. The summed E-state index contributed by atoms with van der Waals surface area (Å²) in [6.07, 6.45) is 0.232. The number of benzene rings is 1. The largest absolute Gasteiger partial charge is 0.347 e. The number of hydrogen-bond acceptors (Lipinski definition) is 3. The molecule has 0 aliphatic rings. The van der Waals surface area contributed by atoms with E-state index in [1.807, 2.05) is 32.9 Å². The average molecular weight is 263 g/mol. The molecule has 104 valence electrons. The monoisotopic (exact) mass is 263 g/mol. The first-order chi connectivity index (χ1) is 8.93. The lowest BCUT2D eigenvalue weighted by molar-refractivity contribution is -0.124. The minimum atomic E-state index is -0.236. The molecule has 0 aliphatic carbocycles. The predicted molar refractivity (Wildman–Crippen MR) is 76.0 cm³/mol. The van der Waals surface area contributed by atoms with E-state index in [1.54, 1.807) is 0 Å². The van der Waals surface area contributed by atoms with Gasteiger partial charge in [-0.05, 0) is 31.9 Å². The summed E-state index contributed by atoms with van der Waals surface area (Å²) in [7, 11) is 0. The van der Waals surface area contributed by atoms with E-state index in [0.29, 0.717) is 0 Å². The van der Waals surface area contributed by atoms with Gasteiger partial charge in [-0.2, -0.15) is 0 Å². The van der Waals surface area contributed by atoms with Gasteiger partial charge in [0, 0.05) is 18.7 Å². The molecule has 0 heterocycles. The average Bonchev–Trinajstić information content (AvgIpc) is 2.31. The first-order valence-corrected chi connectivity index (χ1v) is 6.28. The van der Waals surface area contributed by atoms with Crippen LogP contribution in [-0.4, -0.2) is 24.9 Å². The maximum Gasteiger partial charge on any atom is 0.243 e. The van der Waals surface area contributed by atoms with Gasteiger partial charge in [0.05, 0.1) is 6.54 Å². The quantitative estimate of drug-likeness (QED) is 0.741. The zero-order chi connectivity index (χ0) is 14.4. The number of anilines is 1. The number of carbonyl (C=O) groups excluding carboxylic acids is 2. The first-order valence-electron chi connectivity index (χ1n) is 6.28. The van der Waals surface area contributed by atoms with Crippen molar-refractivity contribution in [3.05, 3.63) is 28.8 Å². The minimum Gasteiger partial charge on any atom is -0.347 e. The molecule has 1 aromatic carbocycles. The molecule has 0 saturated carbocycles. The molecule has 0 fully saturated rings. The lowest BCUT2D eigenvalue weighted by Gasteiger charge is -2.13. The van der Waals surface area contributed by atoms with Gasteiger partial charge in [0.25, 0.3) is 0 Å². The van der Waals surface area contributed by atoms with Crippen molar-refractivity contribution in [2.45, 2.75) is 27.2 Å². The molecule has 19 heavy (non-hydrogen) atoms. The molecule has 0 aromatic heterocycles. The van der Waals surface area contributed by atoms with Crippen LogP contribution >= 0.6 is 0 Å². The predicted octanol–water partition coefficient (Wildman–Crippen LogP) is 1.02. The van der Waals surface area contributed by atoms with Crippen LogP contribution < -0.4 is 16.4 Å². The standard InChI is InChI=1S/C14H21N3O2/c1-9-6-10(2)14(11(3)7-9)17-13(19)8-16-12(18)4-5-15/h6-7H,4-5,8,15H2,1-3H3,(H,16,18)(H,17,19). The van der Waals surface area contributed by atoms with Crippen molar-refractivity contribution in [1.82, 2.24) is 5.32 Å². The second-order valence-corrected chi connectivity index (χ2v) is 4.64. The molecule has 0 unspecified atom stereocenters. The summed E-state index contributed by atoms with van der Waals surface area (Å²) in [6, 6.07) is 4.02. The third kappa shape index (κ3) is 4.71. The molecule has 5 heteroatoms. The Labute approximate surface area is 113 Å². The first kappa shape index (κ1) is 15.2. The van der Waals surface area contributed by atoms with E-state index in [-0.39, 0.29) is 31.3 Å². The Morgan fingerprint density at radius 1 is 1.11 bits per heavy atom. The van der Waals surface area contributed by atoms with Crippen molar-refractivity contribution in [2.24, 2.45) is 5.73 Å². The van der Waals surface area contributed by atoms with Crippen LogP contribution in [0, 0.1) is 20.8 Å². The molecule has 0 spiro atoms. The fourth-order valence-corrected chi connectivity index (χ4v) is 1.96. The number of aryl methyl sites for hydroxylation is 3. The maximum absolute atomic E-state index is 11.8. The minimum absolute atomic E-state index is 0.0361. The molecule has 0 bridgehead atoms. The van der Waals surface area contributed by atoms with Crippen molar-refractivity contribution in [3.63, 3.8) is 0 Å². The van der Waals surface area contributed by atoms with Gasteiger partial charge in [0.15, 0.2) is 0 Å².